The van der Waals surface area contributed by atoms with Crippen LogP contribution in [0, 0.1) is 5.92 Å². The normalized spacial score (nSPS) is 14.7. The zero-order valence-corrected chi connectivity index (χ0v) is 16.0. The molecule has 0 unspecified atom stereocenters. The molecule has 0 bridgehead atoms. The van der Waals surface area contributed by atoms with Gasteiger partial charge in [-0.1, -0.05) is 17.7 Å². The molecule has 1 N–H and O–H groups in total. The van der Waals surface area contributed by atoms with Crippen LogP contribution in [0.2, 0.25) is 5.02 Å². The number of methoxy groups -OCH3 is 1. The van der Waals surface area contributed by atoms with Gasteiger partial charge in [0.25, 0.3) is 0 Å². The summed E-state index contributed by atoms with van der Waals surface area (Å²) in [6.07, 6.45) is 2.45. The molecule has 2 aromatic rings. The number of piperidine rings is 1. The van der Waals surface area contributed by atoms with E-state index in [9.17, 15) is 9.59 Å². The lowest BCUT2D eigenvalue weighted by Crippen LogP contribution is -2.40. The molecule has 1 saturated heterocycles. The van der Waals surface area contributed by atoms with Gasteiger partial charge >= 0.3 is 0 Å². The van der Waals surface area contributed by atoms with Crippen molar-refractivity contribution >= 4 is 29.5 Å². The number of hydrogen-bond donors (Lipinski definition) is 1. The third-order valence-electron chi connectivity index (χ3n) is 4.97. The highest BCUT2D eigenvalue weighted by molar-refractivity contribution is 6.31. The second kappa shape index (κ2) is 8.91. The predicted molar refractivity (Wildman–Crippen MR) is 107 cm³/mol. The Labute approximate surface area is 164 Å². The second-order valence-electron chi connectivity index (χ2n) is 6.65. The Kier molecular flexibility index (Phi) is 6.35. The molecule has 27 heavy (non-hydrogen) atoms. The largest absolute Gasteiger partial charge is 0.497 e. The first kappa shape index (κ1) is 19.2. The SMILES string of the molecule is COc1ccc(CNC(=O)C2CCN(c3ccc(C=O)cc3)CC2)c(Cl)c1. The van der Waals surface area contributed by atoms with Crippen molar-refractivity contribution in [3.63, 3.8) is 0 Å². The van der Waals surface area contributed by atoms with E-state index in [1.54, 1.807) is 13.2 Å². The van der Waals surface area contributed by atoms with Gasteiger partial charge in [-0.15, -0.1) is 0 Å². The lowest BCUT2D eigenvalue weighted by atomic mass is 9.95. The Hall–Kier alpha value is -2.53. The predicted octanol–water partition coefficient (Wildman–Crippen LogP) is 3.69. The average Bonchev–Trinajstić information content (AvgIpc) is 2.72. The molecule has 0 aliphatic carbocycles. The van der Waals surface area contributed by atoms with E-state index in [1.807, 2.05) is 36.4 Å². The molecule has 1 fully saturated rings. The fourth-order valence-corrected chi connectivity index (χ4v) is 3.53. The topological polar surface area (TPSA) is 58.6 Å². The van der Waals surface area contributed by atoms with Gasteiger partial charge in [-0.2, -0.15) is 0 Å². The van der Waals surface area contributed by atoms with Crippen molar-refractivity contribution in [2.24, 2.45) is 5.92 Å². The molecule has 0 spiro atoms. The molecule has 0 radical (unpaired) electrons. The molecule has 5 nitrogen and oxygen atoms in total. The Bertz CT molecular complexity index is 800. The monoisotopic (exact) mass is 386 g/mol. The van der Waals surface area contributed by atoms with Gasteiger partial charge in [-0.25, -0.2) is 0 Å². The molecule has 1 amide bonds. The molecular weight excluding hydrogens is 364 g/mol. The summed E-state index contributed by atoms with van der Waals surface area (Å²) >= 11 is 6.23. The minimum Gasteiger partial charge on any atom is -0.497 e. The quantitative estimate of drug-likeness (QED) is 0.769. The van der Waals surface area contributed by atoms with Crippen LogP contribution in [-0.2, 0) is 11.3 Å². The van der Waals surface area contributed by atoms with Crippen LogP contribution in [-0.4, -0.2) is 32.4 Å². The van der Waals surface area contributed by atoms with Crippen LogP contribution in [0.3, 0.4) is 0 Å². The van der Waals surface area contributed by atoms with Crippen LogP contribution in [0.1, 0.15) is 28.8 Å². The number of aldehydes is 1. The van der Waals surface area contributed by atoms with Crippen molar-refractivity contribution in [3.05, 3.63) is 58.6 Å². The van der Waals surface area contributed by atoms with Crippen molar-refractivity contribution < 1.29 is 14.3 Å². The molecule has 142 valence electrons. The average molecular weight is 387 g/mol. The van der Waals surface area contributed by atoms with E-state index >= 15 is 0 Å². The van der Waals surface area contributed by atoms with Crippen LogP contribution < -0.4 is 15.0 Å². The van der Waals surface area contributed by atoms with Gasteiger partial charge in [0.15, 0.2) is 0 Å². The highest BCUT2D eigenvalue weighted by Crippen LogP contribution is 2.25. The van der Waals surface area contributed by atoms with E-state index in [0.717, 1.165) is 43.5 Å². The van der Waals surface area contributed by atoms with Crippen molar-refractivity contribution in [1.82, 2.24) is 5.32 Å². The van der Waals surface area contributed by atoms with Crippen molar-refractivity contribution in [3.8, 4) is 5.75 Å². The number of rotatable bonds is 6. The fourth-order valence-electron chi connectivity index (χ4n) is 3.29. The highest BCUT2D eigenvalue weighted by atomic mass is 35.5. The first-order valence-corrected chi connectivity index (χ1v) is 9.39. The summed E-state index contributed by atoms with van der Waals surface area (Å²) in [6.45, 7) is 2.05. The molecule has 2 aromatic carbocycles. The number of hydrogen-bond acceptors (Lipinski definition) is 4. The summed E-state index contributed by atoms with van der Waals surface area (Å²) in [4.78, 5) is 25.5. The molecular formula is C21H23ClN2O3. The summed E-state index contributed by atoms with van der Waals surface area (Å²) in [7, 11) is 1.59. The summed E-state index contributed by atoms with van der Waals surface area (Å²) < 4.78 is 5.14. The standard InChI is InChI=1S/C21H23ClN2O3/c1-27-19-7-4-17(20(22)12-19)13-23-21(26)16-8-10-24(11-9-16)18-5-2-15(14-25)3-6-18/h2-7,12,14,16H,8-11,13H2,1H3,(H,23,26). The lowest BCUT2D eigenvalue weighted by molar-refractivity contribution is -0.125. The number of anilines is 1. The maximum atomic E-state index is 12.5. The van der Waals surface area contributed by atoms with Gasteiger partial charge < -0.3 is 15.0 Å². The van der Waals surface area contributed by atoms with E-state index in [1.165, 1.54) is 0 Å². The molecule has 1 aliphatic rings. The van der Waals surface area contributed by atoms with Gasteiger partial charge in [0, 0.05) is 41.8 Å². The third kappa shape index (κ3) is 4.80. The molecule has 1 aliphatic heterocycles. The summed E-state index contributed by atoms with van der Waals surface area (Å²) in [6, 6.07) is 13.0. The van der Waals surface area contributed by atoms with Crippen molar-refractivity contribution in [2.45, 2.75) is 19.4 Å². The van der Waals surface area contributed by atoms with E-state index in [0.29, 0.717) is 22.9 Å². The lowest BCUT2D eigenvalue weighted by Gasteiger charge is -2.33. The Balaban J connectivity index is 1.50. The Morgan fingerprint density at radius 1 is 1.22 bits per heavy atom. The highest BCUT2D eigenvalue weighted by Gasteiger charge is 2.25. The summed E-state index contributed by atoms with van der Waals surface area (Å²) in [5.41, 5.74) is 2.63. The van der Waals surface area contributed by atoms with Gasteiger partial charge in [0.2, 0.25) is 5.91 Å². The van der Waals surface area contributed by atoms with E-state index in [4.69, 9.17) is 16.3 Å². The first-order valence-electron chi connectivity index (χ1n) is 9.01. The maximum absolute atomic E-state index is 12.5. The van der Waals surface area contributed by atoms with Gasteiger partial charge in [-0.05, 0) is 54.8 Å². The third-order valence-corrected chi connectivity index (χ3v) is 5.33. The minimum atomic E-state index is 0.00697. The van der Waals surface area contributed by atoms with Crippen LogP contribution >= 0.6 is 11.6 Å². The maximum Gasteiger partial charge on any atom is 0.223 e. The van der Waals surface area contributed by atoms with Gasteiger partial charge in [0.1, 0.15) is 12.0 Å². The number of ether oxygens (including phenoxy) is 1. The minimum absolute atomic E-state index is 0.00697. The fraction of sp³-hybridized carbons (Fsp3) is 0.333. The van der Waals surface area contributed by atoms with Crippen LogP contribution in [0.5, 0.6) is 5.75 Å². The number of halogens is 1. The van der Waals surface area contributed by atoms with Crippen molar-refractivity contribution in [2.75, 3.05) is 25.1 Å². The molecule has 6 heteroatoms. The molecule has 3 rings (SSSR count). The zero-order valence-electron chi connectivity index (χ0n) is 15.3. The van der Waals surface area contributed by atoms with Crippen LogP contribution in [0.15, 0.2) is 42.5 Å². The summed E-state index contributed by atoms with van der Waals surface area (Å²) in [5.74, 6) is 0.772. The molecule has 0 aromatic heterocycles. The van der Waals surface area contributed by atoms with Crippen molar-refractivity contribution in [1.29, 1.82) is 0 Å². The summed E-state index contributed by atoms with van der Waals surface area (Å²) in [5, 5.41) is 3.58. The number of nitrogens with one attached hydrogen (secondary N) is 1. The van der Waals surface area contributed by atoms with E-state index < -0.39 is 0 Å². The van der Waals surface area contributed by atoms with Crippen LogP contribution in [0.4, 0.5) is 5.69 Å². The second-order valence-corrected chi connectivity index (χ2v) is 7.05. The molecule has 0 saturated carbocycles. The van der Waals surface area contributed by atoms with Gasteiger partial charge in [-0.3, -0.25) is 9.59 Å². The number of nitrogens with zero attached hydrogens (tertiary/aromatic N) is 1. The number of carbonyl (C=O) groups excluding carboxylic acids is 2. The smallest absolute Gasteiger partial charge is 0.223 e. The number of carbonyl (C=O) groups is 2. The van der Waals surface area contributed by atoms with Gasteiger partial charge in [0.05, 0.1) is 7.11 Å². The zero-order chi connectivity index (χ0) is 19.2. The Morgan fingerprint density at radius 2 is 1.93 bits per heavy atom. The Morgan fingerprint density at radius 3 is 2.52 bits per heavy atom. The number of benzene rings is 2. The molecule has 1 heterocycles. The van der Waals surface area contributed by atoms with Crippen LogP contribution in [0.25, 0.3) is 0 Å². The van der Waals surface area contributed by atoms with E-state index in [2.05, 4.69) is 10.2 Å². The van der Waals surface area contributed by atoms with E-state index in [-0.39, 0.29) is 11.8 Å². The number of amides is 1. The first-order chi connectivity index (χ1) is 13.1. The molecule has 0 atom stereocenters.